The predicted molar refractivity (Wildman–Crippen MR) is 53.9 cm³/mol. The molecule has 0 bridgehead atoms. The highest BCUT2D eigenvalue weighted by molar-refractivity contribution is 6.43. The Morgan fingerprint density at radius 2 is 2.00 bits per heavy atom. The monoisotopic (exact) mass is 234 g/mol. The number of carbonyl (C=O) groups excluding carboxylic acids is 1. The molecule has 1 rings (SSSR count). The topological polar surface area (TPSA) is 35.5 Å². The van der Waals surface area contributed by atoms with Gasteiger partial charge < -0.3 is 9.47 Å². The summed E-state index contributed by atoms with van der Waals surface area (Å²) in [6.07, 6.45) is 0. The van der Waals surface area contributed by atoms with Crippen LogP contribution in [0.15, 0.2) is 24.3 Å². The summed E-state index contributed by atoms with van der Waals surface area (Å²) in [6, 6.07) is 6.65. The van der Waals surface area contributed by atoms with Crippen molar-refractivity contribution >= 4 is 29.2 Å². The van der Waals surface area contributed by atoms with Crippen molar-refractivity contribution in [2.24, 2.45) is 0 Å². The van der Waals surface area contributed by atoms with Crippen LogP contribution >= 0.6 is 23.2 Å². The van der Waals surface area contributed by atoms with Crippen LogP contribution in [0.2, 0.25) is 0 Å². The van der Waals surface area contributed by atoms with Crippen LogP contribution in [-0.4, -0.2) is 18.1 Å². The third-order valence-corrected chi connectivity index (χ3v) is 1.70. The van der Waals surface area contributed by atoms with E-state index in [1.54, 1.807) is 24.3 Å². The maximum absolute atomic E-state index is 11.4. The van der Waals surface area contributed by atoms with E-state index in [1.807, 2.05) is 0 Å². The number of halogens is 2. The standard InChI is InChI=1S/C9H8Cl2O3/c1-13-7-5-3-2-4-6(7)8(12)14-9(10)11/h2-5,9H,1H3. The lowest BCUT2D eigenvalue weighted by Gasteiger charge is -2.08. The van der Waals surface area contributed by atoms with Gasteiger partial charge in [0, 0.05) is 0 Å². The molecule has 76 valence electrons. The zero-order valence-electron chi connectivity index (χ0n) is 7.37. The van der Waals surface area contributed by atoms with Gasteiger partial charge in [0.15, 0.2) is 0 Å². The minimum Gasteiger partial charge on any atom is -0.496 e. The van der Waals surface area contributed by atoms with Crippen molar-refractivity contribution < 1.29 is 14.3 Å². The van der Waals surface area contributed by atoms with Gasteiger partial charge in [-0.05, 0) is 12.1 Å². The highest BCUT2D eigenvalue weighted by atomic mass is 35.5. The van der Waals surface area contributed by atoms with Gasteiger partial charge in [0.2, 0.25) is 0 Å². The molecule has 0 unspecified atom stereocenters. The number of methoxy groups -OCH3 is 1. The van der Waals surface area contributed by atoms with Crippen molar-refractivity contribution in [3.8, 4) is 5.75 Å². The lowest BCUT2D eigenvalue weighted by molar-refractivity contribution is 0.0532. The quantitative estimate of drug-likeness (QED) is 0.596. The SMILES string of the molecule is COc1ccccc1C(=O)OC(Cl)Cl. The molecule has 1 aromatic rings. The Morgan fingerprint density at radius 1 is 1.36 bits per heavy atom. The van der Waals surface area contributed by atoms with E-state index < -0.39 is 11.0 Å². The van der Waals surface area contributed by atoms with Crippen LogP contribution in [0.5, 0.6) is 5.75 Å². The smallest absolute Gasteiger partial charge is 0.344 e. The molecule has 0 heterocycles. The normalized spacial score (nSPS) is 10.0. The summed E-state index contributed by atoms with van der Waals surface area (Å²) in [4.78, 5) is 11.4. The van der Waals surface area contributed by atoms with E-state index in [4.69, 9.17) is 27.9 Å². The fraction of sp³-hybridized carbons (Fsp3) is 0.222. The second-order valence-electron chi connectivity index (χ2n) is 2.37. The third-order valence-electron chi connectivity index (χ3n) is 1.52. The fourth-order valence-corrected chi connectivity index (χ4v) is 1.12. The average Bonchev–Trinajstić information content (AvgIpc) is 2.16. The first-order valence-corrected chi connectivity index (χ1v) is 4.64. The number of carbonyl (C=O) groups is 1. The summed E-state index contributed by atoms with van der Waals surface area (Å²) in [5.74, 6) is -0.191. The number of alkyl halides is 2. The summed E-state index contributed by atoms with van der Waals surface area (Å²) in [5.41, 5.74) is 0.293. The largest absolute Gasteiger partial charge is 0.496 e. The highest BCUT2D eigenvalue weighted by Gasteiger charge is 2.15. The molecule has 0 aliphatic rings. The van der Waals surface area contributed by atoms with Crippen LogP contribution in [0.4, 0.5) is 0 Å². The van der Waals surface area contributed by atoms with E-state index in [0.29, 0.717) is 11.3 Å². The molecule has 3 nitrogen and oxygen atoms in total. The lowest BCUT2D eigenvalue weighted by atomic mass is 10.2. The van der Waals surface area contributed by atoms with Gasteiger partial charge in [-0.1, -0.05) is 35.3 Å². The molecule has 0 saturated heterocycles. The number of para-hydroxylation sites is 1. The van der Waals surface area contributed by atoms with Gasteiger partial charge in [0.1, 0.15) is 11.3 Å². The molecular formula is C9H8Cl2O3. The van der Waals surface area contributed by atoms with Crippen LogP contribution in [-0.2, 0) is 4.74 Å². The molecular weight excluding hydrogens is 227 g/mol. The van der Waals surface area contributed by atoms with Crippen molar-refractivity contribution in [1.82, 2.24) is 0 Å². The molecule has 5 heteroatoms. The van der Waals surface area contributed by atoms with Crippen molar-refractivity contribution in [1.29, 1.82) is 0 Å². The summed E-state index contributed by atoms with van der Waals surface area (Å²) < 4.78 is 9.55. The Kier molecular flexibility index (Phi) is 4.04. The first-order chi connectivity index (χ1) is 6.65. The van der Waals surface area contributed by atoms with Crippen LogP contribution in [0.25, 0.3) is 0 Å². The zero-order chi connectivity index (χ0) is 10.6. The molecule has 0 aliphatic carbocycles. The van der Waals surface area contributed by atoms with Crippen LogP contribution in [0.3, 0.4) is 0 Å². The Bertz CT molecular complexity index is 326. The van der Waals surface area contributed by atoms with Crippen molar-refractivity contribution in [2.75, 3.05) is 7.11 Å². The Morgan fingerprint density at radius 3 is 2.57 bits per heavy atom. The number of hydrogen-bond donors (Lipinski definition) is 0. The second kappa shape index (κ2) is 5.08. The van der Waals surface area contributed by atoms with E-state index in [1.165, 1.54) is 7.11 Å². The first kappa shape index (κ1) is 11.1. The summed E-state index contributed by atoms with van der Waals surface area (Å²) in [5, 5.41) is -1.17. The molecule has 0 atom stereocenters. The summed E-state index contributed by atoms with van der Waals surface area (Å²) >= 11 is 10.6. The highest BCUT2D eigenvalue weighted by Crippen LogP contribution is 2.19. The summed E-state index contributed by atoms with van der Waals surface area (Å²) in [6.45, 7) is 0. The molecule has 0 spiro atoms. The molecule has 0 amide bonds. The van der Waals surface area contributed by atoms with Crippen LogP contribution < -0.4 is 4.74 Å². The van der Waals surface area contributed by atoms with Crippen LogP contribution in [0.1, 0.15) is 10.4 Å². The van der Waals surface area contributed by atoms with E-state index in [-0.39, 0.29) is 0 Å². The van der Waals surface area contributed by atoms with Crippen LogP contribution in [0, 0.1) is 0 Å². The van der Waals surface area contributed by atoms with Gasteiger partial charge >= 0.3 is 5.97 Å². The molecule has 0 N–H and O–H groups in total. The summed E-state index contributed by atoms with van der Waals surface area (Å²) in [7, 11) is 1.46. The zero-order valence-corrected chi connectivity index (χ0v) is 8.88. The third kappa shape index (κ3) is 2.79. The predicted octanol–water partition coefficient (Wildman–Crippen LogP) is 2.61. The van der Waals surface area contributed by atoms with Crippen molar-refractivity contribution in [2.45, 2.75) is 5.02 Å². The van der Waals surface area contributed by atoms with E-state index in [0.717, 1.165) is 0 Å². The van der Waals surface area contributed by atoms with Gasteiger partial charge in [-0.3, -0.25) is 0 Å². The number of rotatable bonds is 3. The van der Waals surface area contributed by atoms with E-state index >= 15 is 0 Å². The lowest BCUT2D eigenvalue weighted by Crippen LogP contribution is -2.09. The van der Waals surface area contributed by atoms with E-state index in [9.17, 15) is 4.79 Å². The minimum absolute atomic E-state index is 0.293. The maximum atomic E-state index is 11.4. The Labute approximate surface area is 91.5 Å². The van der Waals surface area contributed by atoms with Crippen molar-refractivity contribution in [3.05, 3.63) is 29.8 Å². The molecule has 0 fully saturated rings. The van der Waals surface area contributed by atoms with Gasteiger partial charge in [-0.2, -0.15) is 0 Å². The molecule has 0 radical (unpaired) electrons. The number of ether oxygens (including phenoxy) is 2. The molecule has 14 heavy (non-hydrogen) atoms. The number of hydrogen-bond acceptors (Lipinski definition) is 3. The molecule has 0 saturated carbocycles. The van der Waals surface area contributed by atoms with E-state index in [2.05, 4.69) is 4.74 Å². The van der Waals surface area contributed by atoms with Gasteiger partial charge in [-0.25, -0.2) is 4.79 Å². The maximum Gasteiger partial charge on any atom is 0.344 e. The molecule has 0 aromatic heterocycles. The molecule has 0 aliphatic heterocycles. The number of benzene rings is 1. The Hall–Kier alpha value is -0.930. The Balaban J connectivity index is 2.88. The van der Waals surface area contributed by atoms with Gasteiger partial charge in [0.25, 0.3) is 5.02 Å². The van der Waals surface area contributed by atoms with Gasteiger partial charge in [0.05, 0.1) is 7.11 Å². The average molecular weight is 235 g/mol. The minimum atomic E-state index is -1.17. The number of esters is 1. The second-order valence-corrected chi connectivity index (χ2v) is 3.38. The van der Waals surface area contributed by atoms with Gasteiger partial charge in [-0.15, -0.1) is 0 Å². The molecule has 1 aromatic carbocycles. The fourth-order valence-electron chi connectivity index (χ4n) is 0.958. The first-order valence-electron chi connectivity index (χ1n) is 3.77. The van der Waals surface area contributed by atoms with Crippen molar-refractivity contribution in [3.63, 3.8) is 0 Å².